The number of aromatic nitrogens is 1. The first-order valence-electron chi connectivity index (χ1n) is 10.4. The number of ether oxygens (including phenoxy) is 1. The Balaban J connectivity index is 2.05. The Morgan fingerprint density at radius 3 is 2.30 bits per heavy atom. The van der Waals surface area contributed by atoms with E-state index in [-0.39, 0.29) is 24.8 Å². The number of carbonyl (C=O) groups is 3. The molecular formula is C23H33N3O4. The monoisotopic (exact) mass is 415 g/mol. The van der Waals surface area contributed by atoms with Gasteiger partial charge in [0, 0.05) is 43.5 Å². The molecule has 164 valence electrons. The number of hydrogen-bond donors (Lipinski definition) is 2. The second kappa shape index (κ2) is 10.8. The van der Waals surface area contributed by atoms with E-state index in [1.807, 2.05) is 58.2 Å². The lowest BCUT2D eigenvalue weighted by Gasteiger charge is -2.26. The molecule has 0 saturated carbocycles. The molecule has 0 bridgehead atoms. The van der Waals surface area contributed by atoms with E-state index < -0.39 is 12.0 Å². The van der Waals surface area contributed by atoms with Crippen LogP contribution in [0.5, 0.6) is 0 Å². The van der Waals surface area contributed by atoms with Gasteiger partial charge in [-0.25, -0.2) is 4.79 Å². The molecule has 0 saturated heterocycles. The van der Waals surface area contributed by atoms with Crippen LogP contribution in [0.3, 0.4) is 0 Å². The number of carbonyl (C=O) groups excluding carboxylic acids is 3. The van der Waals surface area contributed by atoms with Crippen LogP contribution < -0.4 is 5.32 Å². The summed E-state index contributed by atoms with van der Waals surface area (Å²) in [4.78, 5) is 41.8. The lowest BCUT2D eigenvalue weighted by molar-refractivity contribution is -0.154. The molecule has 1 aromatic carbocycles. The van der Waals surface area contributed by atoms with Gasteiger partial charge < -0.3 is 19.9 Å². The fourth-order valence-electron chi connectivity index (χ4n) is 3.44. The van der Waals surface area contributed by atoms with Crippen molar-refractivity contribution < 1.29 is 19.1 Å². The van der Waals surface area contributed by atoms with Crippen molar-refractivity contribution in [2.24, 2.45) is 11.8 Å². The van der Waals surface area contributed by atoms with Crippen molar-refractivity contribution in [2.75, 3.05) is 19.7 Å². The first-order chi connectivity index (χ1) is 14.2. The van der Waals surface area contributed by atoms with Crippen LogP contribution in [0.25, 0.3) is 10.9 Å². The minimum absolute atomic E-state index is 0.223. The van der Waals surface area contributed by atoms with Crippen molar-refractivity contribution in [1.82, 2.24) is 15.2 Å². The van der Waals surface area contributed by atoms with Crippen LogP contribution in [-0.2, 0) is 25.5 Å². The van der Waals surface area contributed by atoms with Gasteiger partial charge in [0.2, 0.25) is 5.91 Å². The number of nitrogens with zero attached hydrogens (tertiary/aromatic N) is 1. The molecule has 0 radical (unpaired) electrons. The van der Waals surface area contributed by atoms with E-state index in [1.54, 1.807) is 4.90 Å². The summed E-state index contributed by atoms with van der Waals surface area (Å²) in [5.41, 5.74) is 1.85. The third-order valence-corrected chi connectivity index (χ3v) is 4.62. The van der Waals surface area contributed by atoms with E-state index in [1.165, 1.54) is 6.92 Å². The number of para-hydroxylation sites is 1. The second-order valence-corrected chi connectivity index (χ2v) is 8.51. The van der Waals surface area contributed by atoms with Crippen molar-refractivity contribution in [3.8, 4) is 0 Å². The maximum Gasteiger partial charge on any atom is 0.329 e. The van der Waals surface area contributed by atoms with Gasteiger partial charge in [0.05, 0.1) is 0 Å². The molecule has 2 N–H and O–H groups in total. The molecule has 30 heavy (non-hydrogen) atoms. The summed E-state index contributed by atoms with van der Waals surface area (Å²) < 4.78 is 5.32. The van der Waals surface area contributed by atoms with E-state index in [2.05, 4.69) is 10.3 Å². The third kappa shape index (κ3) is 6.90. The van der Waals surface area contributed by atoms with Gasteiger partial charge in [-0.2, -0.15) is 0 Å². The third-order valence-electron chi connectivity index (χ3n) is 4.62. The van der Waals surface area contributed by atoms with Crippen molar-refractivity contribution in [2.45, 2.75) is 47.1 Å². The molecule has 0 aliphatic heterocycles. The van der Waals surface area contributed by atoms with Gasteiger partial charge in [0.25, 0.3) is 5.91 Å². The number of fused-ring (bicyclic) bond motifs is 1. The SMILES string of the molecule is CC(=O)NC(Cc1c[nH]c2ccccc12)C(=O)OCC(=O)N(CC(C)C)CC(C)C. The molecule has 0 aliphatic rings. The van der Waals surface area contributed by atoms with Gasteiger partial charge in [0.1, 0.15) is 6.04 Å². The molecule has 0 spiro atoms. The Morgan fingerprint density at radius 1 is 1.07 bits per heavy atom. The van der Waals surface area contributed by atoms with Gasteiger partial charge in [-0.1, -0.05) is 45.9 Å². The van der Waals surface area contributed by atoms with Crippen molar-refractivity contribution in [1.29, 1.82) is 0 Å². The fraction of sp³-hybridized carbons (Fsp3) is 0.522. The standard InChI is InChI=1S/C23H33N3O4/c1-15(2)12-26(13-16(3)4)22(28)14-30-23(29)21(25-17(5)27)10-18-11-24-20-9-7-6-8-19(18)20/h6-9,11,15-16,21,24H,10,12-14H2,1-5H3,(H,25,27). The highest BCUT2D eigenvalue weighted by molar-refractivity contribution is 5.88. The number of nitrogens with one attached hydrogen (secondary N) is 2. The molecule has 7 heteroatoms. The zero-order valence-electron chi connectivity index (χ0n) is 18.5. The van der Waals surface area contributed by atoms with E-state index in [0.29, 0.717) is 24.9 Å². The first-order valence-corrected chi connectivity index (χ1v) is 10.4. The number of aromatic amines is 1. The fourth-order valence-corrected chi connectivity index (χ4v) is 3.44. The van der Waals surface area contributed by atoms with Crippen LogP contribution in [0.15, 0.2) is 30.5 Å². The summed E-state index contributed by atoms with van der Waals surface area (Å²) in [6.07, 6.45) is 2.10. The van der Waals surface area contributed by atoms with Gasteiger partial charge in [-0.05, 0) is 23.5 Å². The average Bonchev–Trinajstić information content (AvgIpc) is 3.06. The van der Waals surface area contributed by atoms with E-state index in [4.69, 9.17) is 4.74 Å². The Labute approximate surface area is 178 Å². The number of H-pyrrole nitrogens is 1. The number of benzene rings is 1. The predicted octanol–water partition coefficient (Wildman–Crippen LogP) is 2.90. The molecule has 2 rings (SSSR count). The zero-order valence-corrected chi connectivity index (χ0v) is 18.5. The number of esters is 1. The predicted molar refractivity (Wildman–Crippen MR) is 117 cm³/mol. The van der Waals surface area contributed by atoms with Gasteiger partial charge >= 0.3 is 5.97 Å². The number of amides is 2. The highest BCUT2D eigenvalue weighted by atomic mass is 16.5. The summed E-state index contributed by atoms with van der Waals surface area (Å²) in [6.45, 7) is 10.4. The van der Waals surface area contributed by atoms with Gasteiger partial charge in [-0.3, -0.25) is 9.59 Å². The zero-order chi connectivity index (χ0) is 22.3. The minimum Gasteiger partial charge on any atom is -0.454 e. The Morgan fingerprint density at radius 2 is 1.70 bits per heavy atom. The summed E-state index contributed by atoms with van der Waals surface area (Å²) in [5, 5.41) is 3.63. The van der Waals surface area contributed by atoms with Crippen molar-refractivity contribution in [3.63, 3.8) is 0 Å². The molecule has 0 fully saturated rings. The lowest BCUT2D eigenvalue weighted by Crippen LogP contribution is -2.44. The maximum atomic E-state index is 12.7. The topological polar surface area (TPSA) is 91.5 Å². The van der Waals surface area contributed by atoms with E-state index in [9.17, 15) is 14.4 Å². The molecular weight excluding hydrogens is 382 g/mol. The Kier molecular flexibility index (Phi) is 8.45. The van der Waals surface area contributed by atoms with E-state index >= 15 is 0 Å². The molecule has 1 unspecified atom stereocenters. The highest BCUT2D eigenvalue weighted by Crippen LogP contribution is 2.19. The van der Waals surface area contributed by atoms with Crippen LogP contribution in [0.4, 0.5) is 0 Å². The molecule has 7 nitrogen and oxygen atoms in total. The smallest absolute Gasteiger partial charge is 0.329 e. The normalized spacial score (nSPS) is 12.2. The summed E-state index contributed by atoms with van der Waals surface area (Å²) in [7, 11) is 0. The molecule has 0 aliphatic carbocycles. The van der Waals surface area contributed by atoms with Crippen LogP contribution in [-0.4, -0.2) is 53.4 Å². The molecule has 1 atom stereocenters. The lowest BCUT2D eigenvalue weighted by atomic mass is 10.0. The number of hydrogen-bond acceptors (Lipinski definition) is 4. The van der Waals surface area contributed by atoms with E-state index in [0.717, 1.165) is 16.5 Å². The number of rotatable bonds is 10. The van der Waals surface area contributed by atoms with Gasteiger partial charge in [-0.15, -0.1) is 0 Å². The Bertz CT molecular complexity index is 862. The molecule has 2 aromatic rings. The maximum absolute atomic E-state index is 12.7. The first kappa shape index (κ1) is 23.4. The average molecular weight is 416 g/mol. The summed E-state index contributed by atoms with van der Waals surface area (Å²) in [6, 6.07) is 6.88. The minimum atomic E-state index is -0.863. The second-order valence-electron chi connectivity index (χ2n) is 8.51. The van der Waals surface area contributed by atoms with Crippen LogP contribution in [0.2, 0.25) is 0 Å². The Hall–Kier alpha value is -2.83. The van der Waals surface area contributed by atoms with Gasteiger partial charge in [0.15, 0.2) is 6.61 Å². The van der Waals surface area contributed by atoms with Crippen LogP contribution in [0, 0.1) is 11.8 Å². The summed E-state index contributed by atoms with van der Waals surface area (Å²) in [5.74, 6) is -0.531. The summed E-state index contributed by atoms with van der Waals surface area (Å²) >= 11 is 0. The highest BCUT2D eigenvalue weighted by Gasteiger charge is 2.25. The van der Waals surface area contributed by atoms with Crippen molar-refractivity contribution in [3.05, 3.63) is 36.0 Å². The van der Waals surface area contributed by atoms with Crippen LogP contribution >= 0.6 is 0 Å². The largest absolute Gasteiger partial charge is 0.454 e. The molecule has 1 aromatic heterocycles. The molecule has 2 amide bonds. The quantitative estimate of drug-likeness (QED) is 0.584. The van der Waals surface area contributed by atoms with Crippen LogP contribution in [0.1, 0.15) is 40.2 Å². The van der Waals surface area contributed by atoms with Crippen molar-refractivity contribution >= 4 is 28.7 Å². The molecule has 1 heterocycles.